The van der Waals surface area contributed by atoms with E-state index in [0.29, 0.717) is 6.04 Å². The van der Waals surface area contributed by atoms with Crippen molar-refractivity contribution in [2.24, 2.45) is 0 Å². The van der Waals surface area contributed by atoms with Crippen LogP contribution in [0.1, 0.15) is 6.92 Å². The predicted molar refractivity (Wildman–Crippen MR) is 36.6 cm³/mol. The van der Waals surface area contributed by atoms with Crippen molar-refractivity contribution >= 4 is 0 Å². The zero-order chi connectivity index (χ0) is 6.69. The molecule has 0 aromatic heterocycles. The lowest BCUT2D eigenvalue weighted by Gasteiger charge is -2.23. The molecule has 50 valence electrons. The highest BCUT2D eigenvalue weighted by Gasteiger charge is 2.05. The second-order valence-electron chi connectivity index (χ2n) is 2.01. The average Bonchev–Trinajstić information content (AvgIpc) is 1.89. The summed E-state index contributed by atoms with van der Waals surface area (Å²) in [6.45, 7) is 2.07. The van der Waals surface area contributed by atoms with E-state index in [-0.39, 0.29) is 0 Å². The monoisotopic (exact) mass is 125 g/mol. The number of rotatable bonds is 1. The zero-order valence-electron chi connectivity index (χ0n) is 5.74. The summed E-state index contributed by atoms with van der Waals surface area (Å²) >= 11 is 0. The fourth-order valence-corrected chi connectivity index (χ4v) is 0.807. The summed E-state index contributed by atoms with van der Waals surface area (Å²) < 4.78 is 0. The van der Waals surface area contributed by atoms with Crippen LogP contribution in [-0.4, -0.2) is 18.2 Å². The summed E-state index contributed by atoms with van der Waals surface area (Å²) in [5.41, 5.74) is 0. The molecule has 0 aliphatic carbocycles. The third-order valence-corrected chi connectivity index (χ3v) is 1.35. The van der Waals surface area contributed by atoms with E-state index >= 15 is 0 Å². The van der Waals surface area contributed by atoms with Crippen molar-refractivity contribution in [3.63, 3.8) is 0 Å². The molecule has 0 aromatic rings. The van der Waals surface area contributed by atoms with Gasteiger partial charge in [-0.3, -0.25) is 9.90 Å². The van der Waals surface area contributed by atoms with E-state index in [1.807, 2.05) is 18.4 Å². The molecular weight excluding hydrogens is 114 g/mol. The first-order chi connectivity index (χ1) is 4.34. The van der Waals surface area contributed by atoms with Gasteiger partial charge in [0.2, 0.25) is 0 Å². The van der Waals surface area contributed by atoms with Crippen molar-refractivity contribution in [3.05, 3.63) is 24.4 Å². The maximum Gasteiger partial charge on any atom is 0.0713 e. The number of hydrogen-bond acceptors (Lipinski definition) is 2. The van der Waals surface area contributed by atoms with Crippen LogP contribution in [0.4, 0.5) is 0 Å². The Morgan fingerprint density at radius 2 is 2.22 bits per heavy atom. The first-order valence-corrected chi connectivity index (χ1v) is 3.02. The maximum absolute atomic E-state index is 5.00. The smallest absolute Gasteiger partial charge is 0.0713 e. The summed E-state index contributed by atoms with van der Waals surface area (Å²) in [4.78, 5) is 5.00. The molecule has 0 bridgehead atoms. The molecule has 1 atom stereocenters. The molecule has 1 unspecified atom stereocenters. The molecule has 0 N–H and O–H groups in total. The number of hydrogen-bond donors (Lipinski definition) is 0. The molecule has 2 nitrogen and oxygen atoms in total. The van der Waals surface area contributed by atoms with Crippen LogP contribution in [-0.2, 0) is 4.84 Å². The number of allylic oxidation sites excluding steroid dienone is 2. The third kappa shape index (κ3) is 1.33. The van der Waals surface area contributed by atoms with Gasteiger partial charge in [-0.1, -0.05) is 12.2 Å². The average molecular weight is 125 g/mol. The van der Waals surface area contributed by atoms with Gasteiger partial charge < -0.3 is 0 Å². The second-order valence-corrected chi connectivity index (χ2v) is 2.01. The van der Waals surface area contributed by atoms with Crippen LogP contribution in [0.2, 0.25) is 0 Å². The number of hydroxylamine groups is 2. The van der Waals surface area contributed by atoms with E-state index in [1.54, 1.807) is 12.2 Å². The highest BCUT2D eigenvalue weighted by atomic mass is 16.7. The molecule has 0 saturated heterocycles. The minimum Gasteiger partial charge on any atom is -0.277 e. The molecule has 1 rings (SSSR count). The van der Waals surface area contributed by atoms with Crippen LogP contribution in [0.25, 0.3) is 0 Å². The first-order valence-electron chi connectivity index (χ1n) is 3.02. The van der Waals surface area contributed by atoms with E-state index in [9.17, 15) is 0 Å². The van der Waals surface area contributed by atoms with Crippen molar-refractivity contribution in [2.75, 3.05) is 7.11 Å². The molecule has 0 spiro atoms. The summed E-state index contributed by atoms with van der Waals surface area (Å²) in [5, 5.41) is 1.79. The quantitative estimate of drug-likeness (QED) is 0.524. The molecule has 0 saturated carbocycles. The van der Waals surface area contributed by atoms with Gasteiger partial charge in [-0.05, 0) is 13.0 Å². The Kier molecular flexibility index (Phi) is 1.90. The molecule has 1 aliphatic heterocycles. The largest absolute Gasteiger partial charge is 0.277 e. The van der Waals surface area contributed by atoms with Crippen LogP contribution in [0, 0.1) is 0 Å². The van der Waals surface area contributed by atoms with Gasteiger partial charge >= 0.3 is 0 Å². The van der Waals surface area contributed by atoms with Crippen molar-refractivity contribution in [2.45, 2.75) is 13.0 Å². The first kappa shape index (κ1) is 6.36. The molecule has 0 fully saturated rings. The van der Waals surface area contributed by atoms with Gasteiger partial charge in [0.15, 0.2) is 0 Å². The molecule has 0 radical (unpaired) electrons. The fraction of sp³-hybridized carbons (Fsp3) is 0.429. The van der Waals surface area contributed by atoms with Crippen LogP contribution in [0.5, 0.6) is 0 Å². The Labute approximate surface area is 55.4 Å². The normalized spacial score (nSPS) is 25.1. The summed E-state index contributed by atoms with van der Waals surface area (Å²) in [6, 6.07) is 0.361. The second kappa shape index (κ2) is 2.69. The van der Waals surface area contributed by atoms with Gasteiger partial charge in [0.1, 0.15) is 0 Å². The van der Waals surface area contributed by atoms with E-state index in [2.05, 4.69) is 13.0 Å². The minimum atomic E-state index is 0.361. The molecule has 0 amide bonds. The van der Waals surface area contributed by atoms with Crippen molar-refractivity contribution < 1.29 is 4.84 Å². The van der Waals surface area contributed by atoms with Crippen LogP contribution in [0.15, 0.2) is 24.4 Å². The van der Waals surface area contributed by atoms with E-state index < -0.39 is 0 Å². The summed E-state index contributed by atoms with van der Waals surface area (Å²) in [7, 11) is 1.67. The highest BCUT2D eigenvalue weighted by Crippen LogP contribution is 2.05. The molecule has 1 aliphatic rings. The van der Waals surface area contributed by atoms with E-state index in [4.69, 9.17) is 4.84 Å². The molecule has 1 heterocycles. The fourth-order valence-electron chi connectivity index (χ4n) is 0.807. The highest BCUT2D eigenvalue weighted by molar-refractivity contribution is 5.10. The zero-order valence-corrected chi connectivity index (χ0v) is 5.74. The van der Waals surface area contributed by atoms with Crippen LogP contribution < -0.4 is 0 Å². The van der Waals surface area contributed by atoms with E-state index in [1.165, 1.54) is 0 Å². The third-order valence-electron chi connectivity index (χ3n) is 1.35. The van der Waals surface area contributed by atoms with E-state index in [0.717, 1.165) is 0 Å². The predicted octanol–water partition coefficient (Wildman–Crippen LogP) is 1.32. The Morgan fingerprint density at radius 3 is 2.67 bits per heavy atom. The molecule has 0 aromatic carbocycles. The SMILES string of the molecule is CON1C=CC=CC1C. The lowest BCUT2D eigenvalue weighted by atomic mass is 10.2. The molecule has 2 heteroatoms. The minimum absolute atomic E-state index is 0.361. The van der Waals surface area contributed by atoms with Gasteiger partial charge in [-0.25, -0.2) is 0 Å². The molecular formula is C7H11NO. The van der Waals surface area contributed by atoms with Gasteiger partial charge in [0.25, 0.3) is 0 Å². The van der Waals surface area contributed by atoms with Gasteiger partial charge in [0.05, 0.1) is 13.2 Å². The lowest BCUT2D eigenvalue weighted by Crippen LogP contribution is -2.26. The van der Waals surface area contributed by atoms with Crippen molar-refractivity contribution in [1.82, 2.24) is 5.06 Å². The van der Waals surface area contributed by atoms with Gasteiger partial charge in [0, 0.05) is 6.20 Å². The number of nitrogens with zero attached hydrogens (tertiary/aromatic N) is 1. The lowest BCUT2D eigenvalue weighted by molar-refractivity contribution is -0.104. The van der Waals surface area contributed by atoms with Gasteiger partial charge in [-0.15, -0.1) is 0 Å². The van der Waals surface area contributed by atoms with Crippen LogP contribution in [0.3, 0.4) is 0 Å². The van der Waals surface area contributed by atoms with Crippen LogP contribution >= 0.6 is 0 Å². The van der Waals surface area contributed by atoms with Crippen molar-refractivity contribution in [3.8, 4) is 0 Å². The Bertz CT molecular complexity index is 140. The Morgan fingerprint density at radius 1 is 1.44 bits per heavy atom. The standard InChI is InChI=1S/C7H11NO/c1-7-5-3-4-6-8(7)9-2/h3-7H,1-2H3. The summed E-state index contributed by atoms with van der Waals surface area (Å²) in [6.07, 6.45) is 7.94. The summed E-state index contributed by atoms with van der Waals surface area (Å²) in [5.74, 6) is 0. The Hall–Kier alpha value is -0.760. The maximum atomic E-state index is 5.00. The van der Waals surface area contributed by atoms with Crippen molar-refractivity contribution in [1.29, 1.82) is 0 Å². The topological polar surface area (TPSA) is 12.5 Å². The van der Waals surface area contributed by atoms with Gasteiger partial charge in [-0.2, -0.15) is 0 Å². The Balaban J connectivity index is 2.55. The molecule has 9 heavy (non-hydrogen) atoms.